The van der Waals surface area contributed by atoms with E-state index in [1.54, 1.807) is 4.90 Å². The van der Waals surface area contributed by atoms with Gasteiger partial charge in [0.15, 0.2) is 0 Å². The van der Waals surface area contributed by atoms with E-state index in [4.69, 9.17) is 14.2 Å². The van der Waals surface area contributed by atoms with Gasteiger partial charge in [-0.1, -0.05) is 54.6 Å². The maximum absolute atomic E-state index is 13.2. The summed E-state index contributed by atoms with van der Waals surface area (Å²) in [4.78, 5) is 14.9. The molecule has 0 aromatic heterocycles. The van der Waals surface area contributed by atoms with Gasteiger partial charge in [0.05, 0.1) is 25.4 Å². The van der Waals surface area contributed by atoms with E-state index in [9.17, 15) is 4.79 Å². The van der Waals surface area contributed by atoms with Crippen LogP contribution in [-0.2, 0) is 20.1 Å². The number of hydrogen-bond acceptors (Lipinski definition) is 4. The largest absolute Gasteiger partial charge is 0.491 e. The molecule has 0 N–H and O–H groups in total. The van der Waals surface area contributed by atoms with Crippen LogP contribution in [0.25, 0.3) is 10.8 Å². The predicted octanol–water partition coefficient (Wildman–Crippen LogP) is 3.86. The molecule has 3 aromatic carbocycles. The zero-order valence-electron chi connectivity index (χ0n) is 15.5. The van der Waals surface area contributed by atoms with Crippen LogP contribution in [0, 0.1) is 0 Å². The van der Waals surface area contributed by atoms with Gasteiger partial charge in [-0.2, -0.15) is 0 Å². The standard InChI is InChI=1S/C23H21NO4/c25-22-23(27-14-6-15-28-23)19-10-3-4-11-20(19)24(22)13-16-26-21-12-5-8-17-7-1-2-9-18(17)21/h1-5,7-12H,6,13-16H2. The minimum Gasteiger partial charge on any atom is -0.491 e. The second-order valence-corrected chi connectivity index (χ2v) is 6.97. The number of anilines is 1. The van der Waals surface area contributed by atoms with E-state index >= 15 is 0 Å². The molecule has 28 heavy (non-hydrogen) atoms. The third-order valence-corrected chi connectivity index (χ3v) is 5.30. The molecule has 1 amide bonds. The van der Waals surface area contributed by atoms with E-state index in [2.05, 4.69) is 12.1 Å². The number of rotatable bonds is 4. The van der Waals surface area contributed by atoms with Crippen molar-refractivity contribution in [1.29, 1.82) is 0 Å². The molecule has 2 aliphatic heterocycles. The first-order valence-electron chi connectivity index (χ1n) is 9.59. The first kappa shape index (κ1) is 17.2. The van der Waals surface area contributed by atoms with Crippen molar-refractivity contribution in [3.63, 3.8) is 0 Å². The van der Waals surface area contributed by atoms with Crippen LogP contribution in [0.5, 0.6) is 5.75 Å². The zero-order valence-corrected chi connectivity index (χ0v) is 15.5. The molecule has 0 aliphatic carbocycles. The molecule has 0 radical (unpaired) electrons. The minimum atomic E-state index is -1.30. The third-order valence-electron chi connectivity index (χ3n) is 5.30. The molecule has 0 atom stereocenters. The maximum Gasteiger partial charge on any atom is 0.292 e. The van der Waals surface area contributed by atoms with Crippen LogP contribution in [0.4, 0.5) is 5.69 Å². The average molecular weight is 375 g/mol. The lowest BCUT2D eigenvalue weighted by Gasteiger charge is -2.32. The summed E-state index contributed by atoms with van der Waals surface area (Å²) in [5.74, 6) is -0.651. The van der Waals surface area contributed by atoms with Crippen molar-refractivity contribution in [2.45, 2.75) is 12.2 Å². The maximum atomic E-state index is 13.2. The van der Waals surface area contributed by atoms with E-state index in [-0.39, 0.29) is 5.91 Å². The van der Waals surface area contributed by atoms with Crippen molar-refractivity contribution >= 4 is 22.4 Å². The normalized spacial score (nSPS) is 17.9. The Labute approximate surface area is 163 Å². The van der Waals surface area contributed by atoms with Crippen molar-refractivity contribution < 1.29 is 19.0 Å². The Morgan fingerprint density at radius 3 is 2.57 bits per heavy atom. The number of benzene rings is 3. The van der Waals surface area contributed by atoms with Gasteiger partial charge in [0, 0.05) is 10.9 Å². The number of nitrogens with zero attached hydrogens (tertiary/aromatic N) is 1. The molecule has 1 saturated heterocycles. The fourth-order valence-corrected chi connectivity index (χ4v) is 3.99. The highest BCUT2D eigenvalue weighted by molar-refractivity contribution is 6.06. The Morgan fingerprint density at radius 1 is 0.929 bits per heavy atom. The average Bonchev–Trinajstić information content (AvgIpc) is 2.97. The van der Waals surface area contributed by atoms with Crippen LogP contribution < -0.4 is 9.64 Å². The quantitative estimate of drug-likeness (QED) is 0.695. The second kappa shape index (κ2) is 6.93. The van der Waals surface area contributed by atoms with Gasteiger partial charge in [0.2, 0.25) is 0 Å². The number of carbonyl (C=O) groups is 1. The number of ether oxygens (including phenoxy) is 3. The van der Waals surface area contributed by atoms with E-state index in [0.717, 1.165) is 34.2 Å². The number of carbonyl (C=O) groups excluding carboxylic acids is 1. The summed E-state index contributed by atoms with van der Waals surface area (Å²) in [6.07, 6.45) is 0.793. The topological polar surface area (TPSA) is 48.0 Å². The number of amides is 1. The lowest BCUT2D eigenvalue weighted by Crippen LogP contribution is -2.48. The van der Waals surface area contributed by atoms with Crippen LogP contribution in [0.2, 0.25) is 0 Å². The van der Waals surface area contributed by atoms with Gasteiger partial charge < -0.3 is 19.1 Å². The van der Waals surface area contributed by atoms with Gasteiger partial charge in [0.1, 0.15) is 12.4 Å². The molecule has 5 heteroatoms. The molecular weight excluding hydrogens is 354 g/mol. The molecule has 5 rings (SSSR count). The molecule has 0 saturated carbocycles. The van der Waals surface area contributed by atoms with Crippen molar-refractivity contribution in [2.75, 3.05) is 31.3 Å². The molecule has 2 aliphatic rings. The summed E-state index contributed by atoms with van der Waals surface area (Å²) in [5.41, 5.74) is 1.61. The monoisotopic (exact) mass is 375 g/mol. The summed E-state index contributed by atoms with van der Waals surface area (Å²) in [6.45, 7) is 1.83. The molecule has 1 spiro atoms. The van der Waals surface area contributed by atoms with Crippen LogP contribution in [0.3, 0.4) is 0 Å². The van der Waals surface area contributed by atoms with E-state index < -0.39 is 5.79 Å². The molecule has 0 bridgehead atoms. The smallest absolute Gasteiger partial charge is 0.292 e. The Hall–Kier alpha value is -2.89. The van der Waals surface area contributed by atoms with Gasteiger partial charge >= 0.3 is 0 Å². The zero-order chi connectivity index (χ0) is 19.0. The Bertz CT molecular complexity index is 1020. The SMILES string of the molecule is O=C1N(CCOc2cccc3ccccc23)c2ccccc2C12OCCCO2. The predicted molar refractivity (Wildman–Crippen MR) is 106 cm³/mol. The highest BCUT2D eigenvalue weighted by Gasteiger charge is 2.54. The van der Waals surface area contributed by atoms with Crippen molar-refractivity contribution in [3.8, 4) is 5.75 Å². The number of fused-ring (bicyclic) bond motifs is 3. The summed E-state index contributed by atoms with van der Waals surface area (Å²) in [6, 6.07) is 21.8. The van der Waals surface area contributed by atoms with E-state index in [1.807, 2.05) is 54.6 Å². The van der Waals surface area contributed by atoms with Crippen LogP contribution in [0.15, 0.2) is 66.7 Å². The first-order chi connectivity index (χ1) is 13.8. The first-order valence-corrected chi connectivity index (χ1v) is 9.59. The summed E-state index contributed by atoms with van der Waals surface area (Å²) >= 11 is 0. The molecule has 5 nitrogen and oxygen atoms in total. The van der Waals surface area contributed by atoms with Crippen molar-refractivity contribution in [3.05, 3.63) is 72.3 Å². The summed E-state index contributed by atoms with van der Waals surface area (Å²) < 4.78 is 17.8. The molecular formula is C23H21NO4. The fourth-order valence-electron chi connectivity index (χ4n) is 3.99. The number of para-hydroxylation sites is 1. The van der Waals surface area contributed by atoms with Crippen molar-refractivity contribution in [1.82, 2.24) is 0 Å². The van der Waals surface area contributed by atoms with Gasteiger partial charge in [-0.15, -0.1) is 0 Å². The highest BCUT2D eigenvalue weighted by Crippen LogP contribution is 2.44. The molecule has 1 fully saturated rings. The highest BCUT2D eigenvalue weighted by atomic mass is 16.7. The molecule has 3 aromatic rings. The Morgan fingerprint density at radius 2 is 1.68 bits per heavy atom. The molecule has 2 heterocycles. The van der Waals surface area contributed by atoms with Crippen LogP contribution >= 0.6 is 0 Å². The third kappa shape index (κ3) is 2.66. The van der Waals surface area contributed by atoms with Crippen LogP contribution in [-0.4, -0.2) is 32.3 Å². The van der Waals surface area contributed by atoms with Crippen LogP contribution in [0.1, 0.15) is 12.0 Å². The van der Waals surface area contributed by atoms with Gasteiger partial charge in [-0.05, 0) is 23.9 Å². The second-order valence-electron chi connectivity index (χ2n) is 6.97. The molecule has 142 valence electrons. The minimum absolute atomic E-state index is 0.171. The van der Waals surface area contributed by atoms with Gasteiger partial charge in [-0.25, -0.2) is 0 Å². The lowest BCUT2D eigenvalue weighted by atomic mass is 10.1. The van der Waals surface area contributed by atoms with Gasteiger partial charge in [0.25, 0.3) is 11.7 Å². The van der Waals surface area contributed by atoms with Gasteiger partial charge in [-0.3, -0.25) is 4.79 Å². The number of hydrogen-bond donors (Lipinski definition) is 0. The molecule has 0 unspecified atom stereocenters. The van der Waals surface area contributed by atoms with E-state index in [1.165, 1.54) is 0 Å². The summed E-state index contributed by atoms with van der Waals surface area (Å²) in [5, 5.41) is 2.19. The Balaban J connectivity index is 1.37. The van der Waals surface area contributed by atoms with E-state index in [0.29, 0.717) is 26.4 Å². The van der Waals surface area contributed by atoms with Crippen molar-refractivity contribution in [2.24, 2.45) is 0 Å². The lowest BCUT2D eigenvalue weighted by molar-refractivity contribution is -0.256. The Kier molecular flexibility index (Phi) is 4.26. The fraction of sp³-hybridized carbons (Fsp3) is 0.261. The summed E-state index contributed by atoms with van der Waals surface area (Å²) in [7, 11) is 0.